The van der Waals surface area contributed by atoms with Gasteiger partial charge in [0, 0.05) is 17.5 Å². The predicted octanol–water partition coefficient (Wildman–Crippen LogP) is 1.55. The van der Waals surface area contributed by atoms with Gasteiger partial charge in [0.05, 0.1) is 0 Å². The minimum Gasteiger partial charge on any atom is -0.261 e. The van der Waals surface area contributed by atoms with Crippen LogP contribution in [0.5, 0.6) is 0 Å². The van der Waals surface area contributed by atoms with E-state index >= 15 is 0 Å². The highest BCUT2D eigenvalue weighted by atomic mass is 14.7. The van der Waals surface area contributed by atoms with Crippen LogP contribution in [-0.4, -0.2) is 4.98 Å². The van der Waals surface area contributed by atoms with Gasteiger partial charge in [0.1, 0.15) is 0 Å². The minimum absolute atomic E-state index is 1.03. The Morgan fingerprint density at radius 2 is 2.36 bits per heavy atom. The number of nitrogens with zero attached hydrogens (tertiary/aromatic N) is 1. The molecule has 0 atom stereocenters. The molecule has 0 spiro atoms. The lowest BCUT2D eigenvalue weighted by Gasteiger charge is -1.98. The molecule has 0 radical (unpaired) electrons. The van der Waals surface area contributed by atoms with Gasteiger partial charge in [0.2, 0.25) is 0 Å². The molecule has 0 aliphatic heterocycles. The van der Waals surface area contributed by atoms with Gasteiger partial charge < -0.3 is 0 Å². The van der Waals surface area contributed by atoms with E-state index in [1.807, 2.05) is 6.07 Å². The summed E-state index contributed by atoms with van der Waals surface area (Å²) < 4.78 is 0. The molecule has 1 nitrogen and oxygen atoms in total. The Hall–Kier alpha value is -1.29. The summed E-state index contributed by atoms with van der Waals surface area (Å²) in [6.07, 6.45) is 10.6. The molecule has 1 aliphatic rings. The molecule has 11 heavy (non-hydrogen) atoms. The molecule has 0 N–H and O–H groups in total. The number of aryl methyl sites for hydroxylation is 1. The van der Waals surface area contributed by atoms with Crippen molar-refractivity contribution in [2.24, 2.45) is 0 Å². The number of hydrogen-bond acceptors (Lipinski definition) is 1. The lowest BCUT2D eigenvalue weighted by molar-refractivity contribution is 0.899. The van der Waals surface area contributed by atoms with Crippen LogP contribution in [0.4, 0.5) is 0 Å². The molecule has 54 valence electrons. The number of rotatable bonds is 0. The Balaban J connectivity index is 2.61. The van der Waals surface area contributed by atoms with Crippen LogP contribution in [0, 0.1) is 12.3 Å². The van der Waals surface area contributed by atoms with Crippen LogP contribution in [-0.2, 0) is 12.8 Å². The fourth-order valence-electron chi connectivity index (χ4n) is 1.60. The van der Waals surface area contributed by atoms with Gasteiger partial charge in [-0.1, -0.05) is 5.92 Å². The number of terminal acetylenes is 1. The Kier molecular flexibility index (Phi) is 1.40. The molecule has 0 saturated heterocycles. The molecule has 0 aromatic carbocycles. The minimum atomic E-state index is 1.03. The first-order chi connectivity index (χ1) is 5.42. The van der Waals surface area contributed by atoms with Crippen LogP contribution in [0.3, 0.4) is 0 Å². The molecule has 0 unspecified atom stereocenters. The van der Waals surface area contributed by atoms with E-state index in [1.54, 1.807) is 6.20 Å². The summed E-state index contributed by atoms with van der Waals surface area (Å²) in [4.78, 5) is 4.27. The maximum absolute atomic E-state index is 5.35. The Bertz CT molecular complexity index is 320. The van der Waals surface area contributed by atoms with Crippen LogP contribution in [0.25, 0.3) is 0 Å². The lowest BCUT2D eigenvalue weighted by atomic mass is 10.1. The number of hydrogen-bond donors (Lipinski definition) is 0. The largest absolute Gasteiger partial charge is 0.261 e. The zero-order chi connectivity index (χ0) is 7.68. The molecule has 0 fully saturated rings. The maximum Gasteiger partial charge on any atom is 0.0448 e. The Labute approximate surface area is 66.5 Å². The van der Waals surface area contributed by atoms with Gasteiger partial charge in [-0.3, -0.25) is 4.98 Å². The molecule has 1 heterocycles. The first-order valence-corrected chi connectivity index (χ1v) is 3.85. The van der Waals surface area contributed by atoms with Crippen molar-refractivity contribution in [1.82, 2.24) is 4.98 Å². The molecule has 0 saturated carbocycles. The highest BCUT2D eigenvalue weighted by Crippen LogP contribution is 2.22. The van der Waals surface area contributed by atoms with Crippen LogP contribution in [0.2, 0.25) is 0 Å². The van der Waals surface area contributed by atoms with Crippen molar-refractivity contribution < 1.29 is 0 Å². The molecular formula is C10H9N. The van der Waals surface area contributed by atoms with E-state index in [0.717, 1.165) is 18.4 Å². The van der Waals surface area contributed by atoms with E-state index in [2.05, 4.69) is 10.9 Å². The highest BCUT2D eigenvalue weighted by molar-refractivity contribution is 5.43. The van der Waals surface area contributed by atoms with Gasteiger partial charge in [-0.2, -0.15) is 0 Å². The van der Waals surface area contributed by atoms with Crippen molar-refractivity contribution in [3.8, 4) is 12.3 Å². The second-order valence-corrected chi connectivity index (χ2v) is 2.78. The summed E-state index contributed by atoms with van der Waals surface area (Å²) in [5, 5.41) is 0. The molecular weight excluding hydrogens is 134 g/mol. The summed E-state index contributed by atoms with van der Waals surface area (Å²) in [7, 11) is 0. The highest BCUT2D eigenvalue weighted by Gasteiger charge is 2.13. The second kappa shape index (κ2) is 2.39. The first kappa shape index (κ1) is 6.42. The average Bonchev–Trinajstić information content (AvgIpc) is 2.50. The first-order valence-electron chi connectivity index (χ1n) is 3.85. The third kappa shape index (κ3) is 0.914. The van der Waals surface area contributed by atoms with Crippen molar-refractivity contribution in [1.29, 1.82) is 0 Å². The molecule has 0 bridgehead atoms. The maximum atomic E-state index is 5.35. The quantitative estimate of drug-likeness (QED) is 0.502. The van der Waals surface area contributed by atoms with Crippen LogP contribution in [0.1, 0.15) is 23.2 Å². The fraction of sp³-hybridized carbons (Fsp3) is 0.300. The zero-order valence-electron chi connectivity index (χ0n) is 6.30. The molecule has 0 amide bonds. The monoisotopic (exact) mass is 143 g/mol. The Morgan fingerprint density at radius 3 is 3.18 bits per heavy atom. The number of fused-ring (bicyclic) bond motifs is 1. The van der Waals surface area contributed by atoms with E-state index in [0.29, 0.717) is 0 Å². The van der Waals surface area contributed by atoms with E-state index < -0.39 is 0 Å². The number of aromatic nitrogens is 1. The van der Waals surface area contributed by atoms with Gasteiger partial charge in [-0.05, 0) is 30.9 Å². The van der Waals surface area contributed by atoms with E-state index in [1.165, 1.54) is 17.7 Å². The molecule has 1 aromatic rings. The topological polar surface area (TPSA) is 12.9 Å². The molecule has 1 aliphatic carbocycles. The normalized spacial score (nSPS) is 14.1. The van der Waals surface area contributed by atoms with Gasteiger partial charge in [0.25, 0.3) is 0 Å². The average molecular weight is 143 g/mol. The van der Waals surface area contributed by atoms with E-state index in [9.17, 15) is 0 Å². The summed E-state index contributed by atoms with van der Waals surface area (Å²) in [5.74, 6) is 2.69. The van der Waals surface area contributed by atoms with Crippen molar-refractivity contribution in [2.75, 3.05) is 0 Å². The van der Waals surface area contributed by atoms with Crippen molar-refractivity contribution in [3.05, 3.63) is 29.1 Å². The SMILES string of the molecule is C#Cc1ccnc2c1CCC2. The third-order valence-electron chi connectivity index (χ3n) is 2.14. The van der Waals surface area contributed by atoms with Gasteiger partial charge in [0.15, 0.2) is 0 Å². The molecule has 1 heteroatoms. The second-order valence-electron chi connectivity index (χ2n) is 2.78. The van der Waals surface area contributed by atoms with Crippen molar-refractivity contribution >= 4 is 0 Å². The van der Waals surface area contributed by atoms with Crippen LogP contribution in [0.15, 0.2) is 12.3 Å². The summed E-state index contributed by atoms with van der Waals surface area (Å²) in [6.45, 7) is 0. The lowest BCUT2D eigenvalue weighted by Crippen LogP contribution is -1.90. The predicted molar refractivity (Wildman–Crippen MR) is 44.2 cm³/mol. The third-order valence-corrected chi connectivity index (χ3v) is 2.14. The van der Waals surface area contributed by atoms with Gasteiger partial charge >= 0.3 is 0 Å². The molecule has 2 rings (SSSR count). The molecule has 1 aromatic heterocycles. The van der Waals surface area contributed by atoms with E-state index in [-0.39, 0.29) is 0 Å². The van der Waals surface area contributed by atoms with Crippen LogP contribution >= 0.6 is 0 Å². The Morgan fingerprint density at radius 1 is 1.45 bits per heavy atom. The van der Waals surface area contributed by atoms with Crippen molar-refractivity contribution in [2.45, 2.75) is 19.3 Å². The summed E-state index contributed by atoms with van der Waals surface area (Å²) in [6, 6.07) is 1.92. The van der Waals surface area contributed by atoms with Gasteiger partial charge in [-0.15, -0.1) is 6.42 Å². The fourth-order valence-corrected chi connectivity index (χ4v) is 1.60. The summed E-state index contributed by atoms with van der Waals surface area (Å²) >= 11 is 0. The smallest absolute Gasteiger partial charge is 0.0448 e. The summed E-state index contributed by atoms with van der Waals surface area (Å²) in [5.41, 5.74) is 3.54. The van der Waals surface area contributed by atoms with E-state index in [4.69, 9.17) is 6.42 Å². The zero-order valence-corrected chi connectivity index (χ0v) is 6.30. The standard InChI is InChI=1S/C10H9N/c1-2-8-6-7-11-10-5-3-4-9(8)10/h1,6-7H,3-5H2. The van der Waals surface area contributed by atoms with Crippen LogP contribution < -0.4 is 0 Å². The number of pyridine rings is 1. The van der Waals surface area contributed by atoms with Crippen molar-refractivity contribution in [3.63, 3.8) is 0 Å². The van der Waals surface area contributed by atoms with Gasteiger partial charge in [-0.25, -0.2) is 0 Å².